The molecule has 0 aromatic heterocycles. The minimum absolute atomic E-state index is 0.0346. The summed E-state index contributed by atoms with van der Waals surface area (Å²) in [6.07, 6.45) is 1.29. The van der Waals surface area contributed by atoms with Crippen LogP contribution in [0.5, 0.6) is 0 Å². The lowest BCUT2D eigenvalue weighted by molar-refractivity contribution is -0.141. The minimum atomic E-state index is -3.84. The summed E-state index contributed by atoms with van der Waals surface area (Å²) in [6.45, 7) is 2.01. The molecule has 2 amide bonds. The van der Waals surface area contributed by atoms with Crippen molar-refractivity contribution in [3.8, 4) is 0 Å². The number of carbonyl (C=O) groups excluding carboxylic acids is 2. The van der Waals surface area contributed by atoms with E-state index in [-0.39, 0.29) is 43.4 Å². The molecule has 39 heavy (non-hydrogen) atoms. The number of amides is 2. The van der Waals surface area contributed by atoms with Gasteiger partial charge in [-0.15, -0.1) is 0 Å². The zero-order chi connectivity index (χ0) is 28.6. The molecule has 0 bridgehead atoms. The fourth-order valence-electron chi connectivity index (χ4n) is 4.25. The first-order valence-electron chi connectivity index (χ1n) is 12.5. The van der Waals surface area contributed by atoms with Crippen molar-refractivity contribution in [1.82, 2.24) is 10.2 Å². The second-order valence-corrected chi connectivity index (χ2v) is 11.3. The largest absolute Gasteiger partial charge is 0.357 e. The third-order valence-electron chi connectivity index (χ3n) is 6.33. The number of anilines is 1. The number of aryl methyl sites for hydroxylation is 1. The highest BCUT2D eigenvalue weighted by atomic mass is 32.2. The Balaban J connectivity index is 1.84. The molecule has 0 fully saturated rings. The molecule has 0 saturated carbocycles. The molecule has 3 rings (SSSR count). The van der Waals surface area contributed by atoms with Crippen LogP contribution < -0.4 is 9.62 Å². The molecule has 10 heteroatoms. The number of benzene rings is 3. The fourth-order valence-corrected chi connectivity index (χ4v) is 5.21. The number of likely N-dealkylation sites (N-methyl/N-ethyl adjacent to an activating group) is 1. The number of nitrogens with one attached hydrogen (secondary N) is 1. The highest BCUT2D eigenvalue weighted by Crippen LogP contribution is 2.22. The maximum Gasteiger partial charge on any atom is 0.242 e. The molecule has 3 aromatic carbocycles. The van der Waals surface area contributed by atoms with Crippen molar-refractivity contribution in [1.29, 1.82) is 0 Å². The van der Waals surface area contributed by atoms with E-state index in [4.69, 9.17) is 0 Å². The van der Waals surface area contributed by atoms with E-state index in [0.717, 1.165) is 39.4 Å². The van der Waals surface area contributed by atoms with Crippen LogP contribution in [-0.4, -0.2) is 51.0 Å². The van der Waals surface area contributed by atoms with Gasteiger partial charge in [-0.2, -0.15) is 0 Å². The van der Waals surface area contributed by atoms with E-state index < -0.39 is 27.7 Å². The Labute approximate surface area is 228 Å². The zero-order valence-electron chi connectivity index (χ0n) is 22.2. The van der Waals surface area contributed by atoms with Gasteiger partial charge in [0, 0.05) is 39.0 Å². The first-order chi connectivity index (χ1) is 18.5. The highest BCUT2D eigenvalue weighted by molar-refractivity contribution is 7.92. The van der Waals surface area contributed by atoms with E-state index in [0.29, 0.717) is 6.42 Å². The van der Waals surface area contributed by atoms with Crippen molar-refractivity contribution in [3.05, 3.63) is 101 Å². The number of rotatable bonds is 12. The third-order valence-corrected chi connectivity index (χ3v) is 7.53. The van der Waals surface area contributed by atoms with E-state index >= 15 is 0 Å². The number of sulfonamides is 1. The lowest BCUT2D eigenvalue weighted by atomic mass is 10.0. The van der Waals surface area contributed by atoms with Crippen molar-refractivity contribution in [2.45, 2.75) is 38.8 Å². The number of halogens is 2. The molecule has 1 atom stereocenters. The first-order valence-corrected chi connectivity index (χ1v) is 14.4. The summed E-state index contributed by atoms with van der Waals surface area (Å²) in [7, 11) is -2.32. The summed E-state index contributed by atoms with van der Waals surface area (Å²) in [4.78, 5) is 28.1. The maximum absolute atomic E-state index is 13.8. The van der Waals surface area contributed by atoms with Crippen molar-refractivity contribution in [2.75, 3.05) is 24.2 Å². The molecule has 0 aliphatic carbocycles. The van der Waals surface area contributed by atoms with Crippen LogP contribution in [0.25, 0.3) is 0 Å². The molecular weight excluding hydrogens is 524 g/mol. The van der Waals surface area contributed by atoms with Gasteiger partial charge in [-0.25, -0.2) is 17.2 Å². The molecule has 1 unspecified atom stereocenters. The summed E-state index contributed by atoms with van der Waals surface area (Å²) in [6, 6.07) is 19.0. The van der Waals surface area contributed by atoms with Gasteiger partial charge in [0.15, 0.2) is 11.6 Å². The predicted molar refractivity (Wildman–Crippen MR) is 148 cm³/mol. The van der Waals surface area contributed by atoms with E-state index in [1.54, 1.807) is 0 Å². The Bertz CT molecular complexity index is 1380. The van der Waals surface area contributed by atoms with Crippen LogP contribution in [0.1, 0.15) is 29.5 Å². The van der Waals surface area contributed by atoms with Gasteiger partial charge >= 0.3 is 0 Å². The van der Waals surface area contributed by atoms with Crippen molar-refractivity contribution < 1.29 is 26.8 Å². The second kappa shape index (κ2) is 13.3. The van der Waals surface area contributed by atoms with Crippen molar-refractivity contribution in [3.63, 3.8) is 0 Å². The molecule has 3 aromatic rings. The zero-order valence-corrected chi connectivity index (χ0v) is 23.0. The van der Waals surface area contributed by atoms with Crippen LogP contribution in [0.4, 0.5) is 14.5 Å². The lowest BCUT2D eigenvalue weighted by Crippen LogP contribution is -2.49. The van der Waals surface area contributed by atoms with Crippen LogP contribution in [0, 0.1) is 18.6 Å². The second-order valence-electron chi connectivity index (χ2n) is 9.36. The molecule has 0 aliphatic heterocycles. The van der Waals surface area contributed by atoms with Gasteiger partial charge in [0.1, 0.15) is 6.04 Å². The molecular formula is C29H33F2N3O4S. The SMILES string of the molecule is CNC(=O)C(Cc1ccccc1)N(Cc1ccc(C)cc1)C(=O)CCCN(c1ccc(F)c(F)c1)S(C)(=O)=O. The van der Waals surface area contributed by atoms with Gasteiger partial charge in [0.2, 0.25) is 21.8 Å². The average Bonchev–Trinajstić information content (AvgIpc) is 2.90. The Kier molecular flexibility index (Phi) is 10.2. The van der Waals surface area contributed by atoms with Crippen molar-refractivity contribution in [2.24, 2.45) is 0 Å². The fraction of sp³-hybridized carbons (Fsp3) is 0.310. The van der Waals surface area contributed by atoms with E-state index in [1.165, 1.54) is 18.0 Å². The van der Waals surface area contributed by atoms with Gasteiger partial charge in [0.25, 0.3) is 0 Å². The van der Waals surface area contributed by atoms with Crippen molar-refractivity contribution >= 4 is 27.5 Å². The van der Waals surface area contributed by atoms with Gasteiger partial charge in [0.05, 0.1) is 11.9 Å². The summed E-state index contributed by atoms with van der Waals surface area (Å²) < 4.78 is 53.0. The molecule has 0 spiro atoms. The first kappa shape index (κ1) is 29.8. The topological polar surface area (TPSA) is 86.8 Å². The van der Waals surface area contributed by atoms with E-state index in [2.05, 4.69) is 5.32 Å². The molecule has 0 aliphatic rings. The quantitative estimate of drug-likeness (QED) is 0.362. The van der Waals surface area contributed by atoms with Crippen LogP contribution in [-0.2, 0) is 32.6 Å². The molecule has 208 valence electrons. The number of carbonyl (C=O) groups is 2. The molecule has 0 heterocycles. The van der Waals surface area contributed by atoms with Gasteiger partial charge < -0.3 is 10.2 Å². The predicted octanol–water partition coefficient (Wildman–Crippen LogP) is 4.21. The maximum atomic E-state index is 13.8. The summed E-state index contributed by atoms with van der Waals surface area (Å²) in [5.74, 6) is -2.92. The minimum Gasteiger partial charge on any atom is -0.357 e. The van der Waals surface area contributed by atoms with Crippen LogP contribution in [0.15, 0.2) is 72.8 Å². The molecule has 0 saturated heterocycles. The lowest BCUT2D eigenvalue weighted by Gasteiger charge is -2.31. The van der Waals surface area contributed by atoms with E-state index in [1.807, 2.05) is 61.5 Å². The Morgan fingerprint density at radius 1 is 0.923 bits per heavy atom. The molecule has 1 N–H and O–H groups in total. The number of hydrogen-bond donors (Lipinski definition) is 1. The Morgan fingerprint density at radius 2 is 1.59 bits per heavy atom. The highest BCUT2D eigenvalue weighted by Gasteiger charge is 2.30. The summed E-state index contributed by atoms with van der Waals surface area (Å²) in [5, 5.41) is 2.65. The van der Waals surface area contributed by atoms with Gasteiger partial charge in [-0.3, -0.25) is 13.9 Å². The van der Waals surface area contributed by atoms with Gasteiger partial charge in [-0.1, -0.05) is 60.2 Å². The van der Waals surface area contributed by atoms with Gasteiger partial charge in [-0.05, 0) is 36.6 Å². The molecule has 0 radical (unpaired) electrons. The standard InChI is InChI=1S/C29H33F2N3O4S/c1-21-11-13-23(14-12-21)20-33(27(29(36)32-2)18-22-8-5-4-6-9-22)28(35)10-7-17-34(39(3,37)38)24-15-16-25(30)26(31)19-24/h4-6,8-9,11-16,19,27H,7,10,17-18,20H2,1-3H3,(H,32,36). The normalized spacial score (nSPS) is 12.0. The number of hydrogen-bond acceptors (Lipinski definition) is 4. The monoisotopic (exact) mass is 557 g/mol. The average molecular weight is 558 g/mol. The summed E-state index contributed by atoms with van der Waals surface area (Å²) >= 11 is 0. The Hall–Kier alpha value is -3.79. The van der Waals surface area contributed by atoms with Crippen LogP contribution in [0.2, 0.25) is 0 Å². The van der Waals surface area contributed by atoms with Crippen LogP contribution in [0.3, 0.4) is 0 Å². The number of nitrogens with zero attached hydrogens (tertiary/aromatic N) is 2. The smallest absolute Gasteiger partial charge is 0.242 e. The van der Waals surface area contributed by atoms with E-state index in [9.17, 15) is 26.8 Å². The molecule has 7 nitrogen and oxygen atoms in total. The third kappa shape index (κ3) is 8.35. The van der Waals surface area contributed by atoms with Crippen LogP contribution >= 0.6 is 0 Å². The Morgan fingerprint density at radius 3 is 2.18 bits per heavy atom. The summed E-state index contributed by atoms with van der Waals surface area (Å²) in [5.41, 5.74) is 2.75.